The van der Waals surface area contributed by atoms with Crippen molar-refractivity contribution in [1.29, 1.82) is 0 Å². The molecule has 0 aliphatic rings. The van der Waals surface area contributed by atoms with Gasteiger partial charge in [0.2, 0.25) is 0 Å². The Morgan fingerprint density at radius 3 is 2.31 bits per heavy atom. The molecule has 0 aliphatic carbocycles. The lowest BCUT2D eigenvalue weighted by molar-refractivity contribution is 0.648. The molecular weight excluding hydrogens is 205 g/mol. The van der Waals surface area contributed by atoms with E-state index in [4.69, 9.17) is 28.9 Å². The van der Waals surface area contributed by atoms with E-state index in [0.29, 0.717) is 16.0 Å². The first-order valence-electron chi connectivity index (χ1n) is 4.24. The van der Waals surface area contributed by atoms with Crippen molar-refractivity contribution in [1.82, 2.24) is 0 Å². The van der Waals surface area contributed by atoms with Gasteiger partial charge in [-0.25, -0.2) is 0 Å². The summed E-state index contributed by atoms with van der Waals surface area (Å²) >= 11 is 11.7. The first-order valence-corrected chi connectivity index (χ1v) is 4.99. The molecule has 0 heterocycles. The first-order chi connectivity index (χ1) is 6.00. The van der Waals surface area contributed by atoms with Crippen LogP contribution in [-0.4, -0.2) is 0 Å². The molecule has 0 radical (unpaired) electrons. The minimum absolute atomic E-state index is 0.520. The number of halogens is 2. The Kier molecular flexibility index (Phi) is 3.46. The van der Waals surface area contributed by atoms with Crippen LogP contribution in [-0.2, 0) is 6.42 Å². The normalized spacial score (nSPS) is 10.8. The molecule has 0 aliphatic heterocycles. The topological polar surface area (TPSA) is 26.0 Å². The molecule has 3 heteroatoms. The van der Waals surface area contributed by atoms with Crippen LogP contribution in [0.2, 0.25) is 10.0 Å². The number of hydrogen-bond donors (Lipinski definition) is 1. The molecule has 13 heavy (non-hydrogen) atoms. The minimum atomic E-state index is 0.520. The molecule has 0 saturated carbocycles. The lowest BCUT2D eigenvalue weighted by atomic mass is 10.0. The van der Waals surface area contributed by atoms with Crippen molar-refractivity contribution in [2.24, 2.45) is 5.92 Å². The fourth-order valence-corrected chi connectivity index (χ4v) is 1.58. The summed E-state index contributed by atoms with van der Waals surface area (Å²) in [6.07, 6.45) is 0.933. The summed E-state index contributed by atoms with van der Waals surface area (Å²) < 4.78 is 0. The van der Waals surface area contributed by atoms with E-state index in [2.05, 4.69) is 13.8 Å². The second kappa shape index (κ2) is 4.21. The van der Waals surface area contributed by atoms with Gasteiger partial charge in [-0.15, -0.1) is 0 Å². The largest absolute Gasteiger partial charge is 0.398 e. The van der Waals surface area contributed by atoms with Crippen molar-refractivity contribution in [2.45, 2.75) is 20.3 Å². The van der Waals surface area contributed by atoms with Gasteiger partial charge in [-0.1, -0.05) is 37.0 Å². The number of rotatable bonds is 2. The number of anilines is 1. The highest BCUT2D eigenvalue weighted by Crippen LogP contribution is 2.28. The Hall–Kier alpha value is -0.400. The van der Waals surface area contributed by atoms with E-state index in [0.717, 1.165) is 17.7 Å². The van der Waals surface area contributed by atoms with Gasteiger partial charge in [0.1, 0.15) is 0 Å². The average molecular weight is 218 g/mol. The van der Waals surface area contributed by atoms with Crippen LogP contribution in [0.3, 0.4) is 0 Å². The van der Waals surface area contributed by atoms with Crippen molar-refractivity contribution in [2.75, 3.05) is 5.73 Å². The number of nitrogen functional groups attached to an aromatic ring is 1. The SMILES string of the molecule is CC(C)Cc1cc(Cl)c(Cl)cc1N. The van der Waals surface area contributed by atoms with E-state index >= 15 is 0 Å². The third kappa shape index (κ3) is 2.78. The van der Waals surface area contributed by atoms with Gasteiger partial charge in [0, 0.05) is 5.69 Å². The fraction of sp³-hybridized carbons (Fsp3) is 0.400. The Morgan fingerprint density at radius 1 is 1.23 bits per heavy atom. The van der Waals surface area contributed by atoms with Gasteiger partial charge in [0.25, 0.3) is 0 Å². The summed E-state index contributed by atoms with van der Waals surface area (Å²) in [5.41, 5.74) is 7.59. The Bertz CT molecular complexity index is 308. The van der Waals surface area contributed by atoms with Crippen LogP contribution >= 0.6 is 23.2 Å². The molecule has 0 fully saturated rings. The zero-order chi connectivity index (χ0) is 10.0. The summed E-state index contributed by atoms with van der Waals surface area (Å²) in [5, 5.41) is 1.10. The van der Waals surface area contributed by atoms with Gasteiger partial charge in [0.15, 0.2) is 0 Å². The standard InChI is InChI=1S/C10H13Cl2N/c1-6(2)3-7-4-8(11)9(12)5-10(7)13/h4-6H,3,13H2,1-2H3. The molecule has 0 bridgehead atoms. The molecular formula is C10H13Cl2N. The molecule has 0 amide bonds. The predicted octanol–water partition coefficient (Wildman–Crippen LogP) is 3.77. The maximum absolute atomic E-state index is 5.88. The second-order valence-corrected chi connectivity index (χ2v) is 4.38. The molecule has 1 rings (SSSR count). The van der Waals surface area contributed by atoms with Crippen LogP contribution in [0.25, 0.3) is 0 Å². The van der Waals surface area contributed by atoms with E-state index in [1.54, 1.807) is 6.07 Å². The number of nitrogens with two attached hydrogens (primary N) is 1. The van der Waals surface area contributed by atoms with Gasteiger partial charge in [0.05, 0.1) is 10.0 Å². The van der Waals surface area contributed by atoms with E-state index in [1.807, 2.05) is 6.07 Å². The summed E-state index contributed by atoms with van der Waals surface area (Å²) in [4.78, 5) is 0. The molecule has 0 saturated heterocycles. The quantitative estimate of drug-likeness (QED) is 0.751. The molecule has 0 unspecified atom stereocenters. The third-order valence-corrected chi connectivity index (χ3v) is 2.53. The lowest BCUT2D eigenvalue weighted by Crippen LogP contribution is -1.99. The highest BCUT2D eigenvalue weighted by atomic mass is 35.5. The van der Waals surface area contributed by atoms with Crippen LogP contribution in [0.15, 0.2) is 12.1 Å². The van der Waals surface area contributed by atoms with E-state index < -0.39 is 0 Å². The molecule has 1 aromatic carbocycles. The van der Waals surface area contributed by atoms with Crippen LogP contribution in [0.5, 0.6) is 0 Å². The van der Waals surface area contributed by atoms with Crippen molar-refractivity contribution in [3.05, 3.63) is 27.7 Å². The second-order valence-electron chi connectivity index (χ2n) is 3.56. The summed E-state index contributed by atoms with van der Waals surface area (Å²) in [7, 11) is 0. The zero-order valence-corrected chi connectivity index (χ0v) is 9.28. The number of hydrogen-bond acceptors (Lipinski definition) is 1. The van der Waals surface area contributed by atoms with Gasteiger partial charge in [-0.05, 0) is 30.0 Å². The Labute approximate surface area is 88.8 Å². The maximum Gasteiger partial charge on any atom is 0.0612 e. The molecule has 0 aromatic heterocycles. The number of benzene rings is 1. The smallest absolute Gasteiger partial charge is 0.0612 e. The van der Waals surface area contributed by atoms with Gasteiger partial charge in [-0.2, -0.15) is 0 Å². The molecule has 2 N–H and O–H groups in total. The van der Waals surface area contributed by atoms with Crippen LogP contribution in [0.1, 0.15) is 19.4 Å². The first kappa shape index (κ1) is 10.7. The average Bonchev–Trinajstić information content (AvgIpc) is 1.99. The van der Waals surface area contributed by atoms with Crippen LogP contribution in [0.4, 0.5) is 5.69 Å². The Morgan fingerprint density at radius 2 is 1.77 bits per heavy atom. The predicted molar refractivity (Wildman–Crippen MR) is 59.4 cm³/mol. The van der Waals surface area contributed by atoms with E-state index in [-0.39, 0.29) is 0 Å². The monoisotopic (exact) mass is 217 g/mol. The molecule has 0 atom stereocenters. The van der Waals surface area contributed by atoms with Crippen LogP contribution < -0.4 is 5.73 Å². The molecule has 1 aromatic rings. The van der Waals surface area contributed by atoms with Crippen molar-refractivity contribution < 1.29 is 0 Å². The highest BCUT2D eigenvalue weighted by Gasteiger charge is 2.06. The van der Waals surface area contributed by atoms with E-state index in [1.165, 1.54) is 0 Å². The highest BCUT2D eigenvalue weighted by molar-refractivity contribution is 6.42. The van der Waals surface area contributed by atoms with Crippen molar-refractivity contribution in [3.8, 4) is 0 Å². The lowest BCUT2D eigenvalue weighted by Gasteiger charge is -2.09. The van der Waals surface area contributed by atoms with Gasteiger partial charge < -0.3 is 5.73 Å². The molecule has 72 valence electrons. The van der Waals surface area contributed by atoms with Crippen LogP contribution in [0, 0.1) is 5.92 Å². The van der Waals surface area contributed by atoms with Gasteiger partial charge in [-0.3, -0.25) is 0 Å². The van der Waals surface area contributed by atoms with E-state index in [9.17, 15) is 0 Å². The fourth-order valence-electron chi connectivity index (χ4n) is 1.22. The Balaban J connectivity index is 3.01. The maximum atomic E-state index is 5.88. The molecule has 1 nitrogen and oxygen atoms in total. The summed E-state index contributed by atoms with van der Waals surface area (Å²) in [5.74, 6) is 0.569. The summed E-state index contributed by atoms with van der Waals surface area (Å²) in [6, 6.07) is 3.56. The summed E-state index contributed by atoms with van der Waals surface area (Å²) in [6.45, 7) is 4.28. The molecule has 0 spiro atoms. The van der Waals surface area contributed by atoms with Crippen molar-refractivity contribution >= 4 is 28.9 Å². The van der Waals surface area contributed by atoms with Gasteiger partial charge >= 0.3 is 0 Å². The van der Waals surface area contributed by atoms with Crippen molar-refractivity contribution in [3.63, 3.8) is 0 Å². The third-order valence-electron chi connectivity index (χ3n) is 1.81. The zero-order valence-electron chi connectivity index (χ0n) is 7.77. The minimum Gasteiger partial charge on any atom is -0.398 e.